The highest BCUT2D eigenvalue weighted by Gasteiger charge is 2.33. The third-order valence-electron chi connectivity index (χ3n) is 5.22. The van der Waals surface area contributed by atoms with E-state index in [1.165, 1.54) is 24.9 Å². The maximum atomic E-state index is 11.9. The summed E-state index contributed by atoms with van der Waals surface area (Å²) in [5.74, 6) is 1.44. The molecular formula is C20H30N2O2. The Bertz CT molecular complexity index is 528. The Hall–Kier alpha value is -1.39. The van der Waals surface area contributed by atoms with Crippen LogP contribution in [0.4, 0.5) is 0 Å². The maximum Gasteiger partial charge on any atom is 0.248 e. The normalized spacial score (nSPS) is 24.8. The number of rotatable bonds is 7. The molecule has 3 rings (SSSR count). The third kappa shape index (κ3) is 5.05. The molecule has 0 N–H and O–H groups in total. The van der Waals surface area contributed by atoms with Crippen molar-refractivity contribution in [2.24, 2.45) is 11.8 Å². The summed E-state index contributed by atoms with van der Waals surface area (Å²) in [6.45, 7) is 3.63. The number of ether oxygens (including phenoxy) is 1. The van der Waals surface area contributed by atoms with Crippen LogP contribution in [-0.4, -0.2) is 62.1 Å². The van der Waals surface area contributed by atoms with Gasteiger partial charge in [0.25, 0.3) is 0 Å². The quantitative estimate of drug-likeness (QED) is 0.770. The molecule has 1 aromatic carbocycles. The minimum atomic E-state index is 0.0499. The van der Waals surface area contributed by atoms with E-state index < -0.39 is 0 Å². The summed E-state index contributed by atoms with van der Waals surface area (Å²) < 4.78 is 6.04. The fourth-order valence-corrected chi connectivity index (χ4v) is 3.56. The number of carbonyl (C=O) groups is 1. The smallest absolute Gasteiger partial charge is 0.248 e. The predicted molar refractivity (Wildman–Crippen MR) is 95.9 cm³/mol. The minimum absolute atomic E-state index is 0.0499. The first kappa shape index (κ1) is 17.4. The van der Waals surface area contributed by atoms with Gasteiger partial charge >= 0.3 is 0 Å². The highest BCUT2D eigenvalue weighted by atomic mass is 16.5. The van der Waals surface area contributed by atoms with Gasteiger partial charge in [-0.25, -0.2) is 0 Å². The van der Waals surface area contributed by atoms with E-state index in [1.807, 2.05) is 0 Å². The van der Waals surface area contributed by atoms with Crippen molar-refractivity contribution in [2.45, 2.75) is 31.8 Å². The van der Waals surface area contributed by atoms with Crippen LogP contribution in [0.15, 0.2) is 30.3 Å². The number of carbonyl (C=O) groups excluding carboxylic acids is 1. The molecule has 1 aliphatic carbocycles. The molecule has 1 saturated carbocycles. The van der Waals surface area contributed by atoms with Crippen molar-refractivity contribution < 1.29 is 9.53 Å². The van der Waals surface area contributed by atoms with Crippen LogP contribution in [0, 0.1) is 11.8 Å². The van der Waals surface area contributed by atoms with E-state index in [0.29, 0.717) is 5.92 Å². The van der Waals surface area contributed by atoms with Crippen LogP contribution >= 0.6 is 0 Å². The van der Waals surface area contributed by atoms with Gasteiger partial charge in [0, 0.05) is 39.6 Å². The van der Waals surface area contributed by atoms with Crippen molar-refractivity contribution in [3.8, 4) is 0 Å². The average Bonchev–Trinajstić information content (AvgIpc) is 3.38. The van der Waals surface area contributed by atoms with Crippen molar-refractivity contribution in [3.05, 3.63) is 35.9 Å². The van der Waals surface area contributed by atoms with E-state index in [2.05, 4.69) is 35.2 Å². The SMILES string of the molecule is CN(C)C(=O)CO[C@@H]1CCN(CC2CC2)C[C@H]1Cc1ccccc1. The molecule has 0 unspecified atom stereocenters. The second-order valence-corrected chi connectivity index (χ2v) is 7.58. The van der Waals surface area contributed by atoms with Crippen molar-refractivity contribution >= 4 is 5.91 Å². The van der Waals surface area contributed by atoms with Crippen LogP contribution in [0.2, 0.25) is 0 Å². The Morgan fingerprint density at radius 2 is 1.96 bits per heavy atom. The lowest BCUT2D eigenvalue weighted by atomic mass is 9.88. The van der Waals surface area contributed by atoms with E-state index in [4.69, 9.17) is 4.74 Å². The van der Waals surface area contributed by atoms with E-state index in [9.17, 15) is 4.79 Å². The molecular weight excluding hydrogens is 300 g/mol. The lowest BCUT2D eigenvalue weighted by molar-refractivity contribution is -0.138. The number of hydrogen-bond acceptors (Lipinski definition) is 3. The van der Waals surface area contributed by atoms with E-state index >= 15 is 0 Å². The molecule has 4 nitrogen and oxygen atoms in total. The number of likely N-dealkylation sites (tertiary alicyclic amines) is 1. The monoisotopic (exact) mass is 330 g/mol. The first-order valence-corrected chi connectivity index (χ1v) is 9.20. The average molecular weight is 330 g/mol. The predicted octanol–water partition coefficient (Wildman–Crippen LogP) is 2.43. The summed E-state index contributed by atoms with van der Waals surface area (Å²) in [4.78, 5) is 16.1. The van der Waals surface area contributed by atoms with Gasteiger partial charge in [0.05, 0.1) is 6.10 Å². The molecule has 1 aliphatic heterocycles. The number of benzene rings is 1. The molecule has 4 heteroatoms. The molecule has 132 valence electrons. The topological polar surface area (TPSA) is 32.8 Å². The molecule has 2 fully saturated rings. The Kier molecular flexibility index (Phi) is 5.90. The van der Waals surface area contributed by atoms with E-state index in [-0.39, 0.29) is 18.6 Å². The zero-order valence-electron chi connectivity index (χ0n) is 15.0. The van der Waals surface area contributed by atoms with Crippen LogP contribution < -0.4 is 0 Å². The summed E-state index contributed by atoms with van der Waals surface area (Å²) in [6.07, 6.45) is 5.05. The van der Waals surface area contributed by atoms with Gasteiger partial charge in [-0.2, -0.15) is 0 Å². The summed E-state index contributed by atoms with van der Waals surface area (Å²) in [5, 5.41) is 0. The van der Waals surface area contributed by atoms with Crippen molar-refractivity contribution in [1.29, 1.82) is 0 Å². The Morgan fingerprint density at radius 1 is 1.21 bits per heavy atom. The lowest BCUT2D eigenvalue weighted by Gasteiger charge is -2.38. The number of nitrogens with zero attached hydrogens (tertiary/aromatic N) is 2. The van der Waals surface area contributed by atoms with Crippen LogP contribution in [0.5, 0.6) is 0 Å². The molecule has 2 atom stereocenters. The largest absolute Gasteiger partial charge is 0.368 e. The molecule has 24 heavy (non-hydrogen) atoms. The van der Waals surface area contributed by atoms with Gasteiger partial charge in [-0.3, -0.25) is 4.79 Å². The molecule has 0 spiro atoms. The van der Waals surface area contributed by atoms with Crippen LogP contribution in [-0.2, 0) is 16.0 Å². The van der Waals surface area contributed by atoms with Crippen LogP contribution in [0.1, 0.15) is 24.8 Å². The Labute approximate surface area is 145 Å². The van der Waals surface area contributed by atoms with Crippen LogP contribution in [0.25, 0.3) is 0 Å². The van der Waals surface area contributed by atoms with Gasteiger partial charge < -0.3 is 14.5 Å². The van der Waals surface area contributed by atoms with Gasteiger partial charge in [-0.1, -0.05) is 30.3 Å². The first-order valence-electron chi connectivity index (χ1n) is 9.20. The fraction of sp³-hybridized carbons (Fsp3) is 0.650. The van der Waals surface area contributed by atoms with Crippen molar-refractivity contribution in [3.63, 3.8) is 0 Å². The van der Waals surface area contributed by atoms with Gasteiger partial charge in [0.1, 0.15) is 6.61 Å². The summed E-state index contributed by atoms with van der Waals surface area (Å²) >= 11 is 0. The maximum absolute atomic E-state index is 11.9. The highest BCUT2D eigenvalue weighted by Crippen LogP contribution is 2.32. The molecule has 2 aliphatic rings. The molecule has 0 aromatic heterocycles. The molecule has 0 bridgehead atoms. The summed E-state index contributed by atoms with van der Waals surface area (Å²) in [5.41, 5.74) is 1.36. The van der Waals surface area contributed by atoms with Gasteiger partial charge in [-0.05, 0) is 37.2 Å². The number of likely N-dealkylation sites (N-methyl/N-ethyl adjacent to an activating group) is 1. The standard InChI is InChI=1S/C20H30N2O2/c1-21(2)20(23)15-24-19-10-11-22(13-17-8-9-17)14-18(19)12-16-6-4-3-5-7-16/h3-7,17-19H,8-15H2,1-2H3/t18-,19-/m1/s1. The van der Waals surface area contributed by atoms with Gasteiger partial charge in [0.2, 0.25) is 5.91 Å². The molecule has 1 heterocycles. The third-order valence-corrected chi connectivity index (χ3v) is 5.22. The number of amides is 1. The minimum Gasteiger partial charge on any atom is -0.368 e. The second-order valence-electron chi connectivity index (χ2n) is 7.58. The second kappa shape index (κ2) is 8.13. The zero-order valence-corrected chi connectivity index (χ0v) is 15.0. The van der Waals surface area contributed by atoms with Gasteiger partial charge in [-0.15, -0.1) is 0 Å². The highest BCUT2D eigenvalue weighted by molar-refractivity contribution is 5.76. The zero-order chi connectivity index (χ0) is 16.9. The lowest BCUT2D eigenvalue weighted by Crippen LogP contribution is -2.46. The number of hydrogen-bond donors (Lipinski definition) is 0. The van der Waals surface area contributed by atoms with Crippen molar-refractivity contribution in [2.75, 3.05) is 40.3 Å². The fourth-order valence-electron chi connectivity index (χ4n) is 3.56. The van der Waals surface area contributed by atoms with Crippen molar-refractivity contribution in [1.82, 2.24) is 9.80 Å². The molecule has 0 radical (unpaired) electrons. The van der Waals surface area contributed by atoms with E-state index in [0.717, 1.165) is 31.8 Å². The summed E-state index contributed by atoms with van der Waals surface area (Å²) in [7, 11) is 3.57. The van der Waals surface area contributed by atoms with E-state index in [1.54, 1.807) is 19.0 Å². The first-order chi connectivity index (χ1) is 11.6. The van der Waals surface area contributed by atoms with Gasteiger partial charge in [0.15, 0.2) is 0 Å². The number of piperidine rings is 1. The Morgan fingerprint density at radius 3 is 2.62 bits per heavy atom. The van der Waals surface area contributed by atoms with Crippen LogP contribution in [0.3, 0.4) is 0 Å². The molecule has 1 amide bonds. The summed E-state index contributed by atoms with van der Waals surface area (Å²) in [6, 6.07) is 10.7. The molecule has 1 saturated heterocycles. The molecule has 1 aromatic rings. The Balaban J connectivity index is 1.60.